The highest BCUT2D eigenvalue weighted by Gasteiger charge is 2.17. The molecule has 0 N–H and O–H groups in total. The average Bonchev–Trinajstić information content (AvgIpc) is 2.96. The van der Waals surface area contributed by atoms with E-state index in [1.807, 2.05) is 6.07 Å². The molecule has 0 aromatic heterocycles. The van der Waals surface area contributed by atoms with Gasteiger partial charge in [-0.25, -0.2) is 0 Å². The average molecular weight is 290 g/mol. The van der Waals surface area contributed by atoms with Crippen LogP contribution in [-0.2, 0) is 11.8 Å². The summed E-state index contributed by atoms with van der Waals surface area (Å²) >= 11 is 0. The van der Waals surface area contributed by atoms with Crippen LogP contribution in [0.2, 0.25) is 0 Å². The molecule has 0 fully saturated rings. The molecule has 0 aliphatic carbocycles. The first-order chi connectivity index (χ1) is 10.5. The zero-order valence-corrected chi connectivity index (χ0v) is 13.5. The van der Waals surface area contributed by atoms with Gasteiger partial charge in [0, 0.05) is 12.8 Å². The van der Waals surface area contributed by atoms with Crippen molar-refractivity contribution in [2.24, 2.45) is 10.2 Å². The Morgan fingerprint density at radius 1 is 0.864 bits per heavy atom. The number of hydrogen-bond donors (Lipinski definition) is 0. The fourth-order valence-corrected chi connectivity index (χ4v) is 2.65. The maximum Gasteiger partial charge on any atom is 0.0759 e. The van der Waals surface area contributed by atoms with Crippen molar-refractivity contribution in [3.63, 3.8) is 0 Å². The van der Waals surface area contributed by atoms with Crippen LogP contribution in [0.4, 0.5) is 0 Å². The molecule has 1 aliphatic rings. The van der Waals surface area contributed by atoms with Crippen molar-refractivity contribution in [3.05, 3.63) is 71.3 Å². The molecule has 0 saturated carbocycles. The largest absolute Gasteiger partial charge is 0.159 e. The fraction of sp³-hybridized carbons (Fsp3) is 0.300. The van der Waals surface area contributed by atoms with Crippen molar-refractivity contribution >= 4 is 11.4 Å². The van der Waals surface area contributed by atoms with Crippen LogP contribution in [0.3, 0.4) is 0 Å². The molecule has 0 saturated heterocycles. The SMILES string of the molecule is CC(C)(C)c1ccc(C2=NN=C(Cc3ccccc3)C2)cc1. The zero-order chi connectivity index (χ0) is 15.6. The molecule has 0 bridgehead atoms. The molecule has 0 spiro atoms. The molecule has 1 aliphatic heterocycles. The monoisotopic (exact) mass is 290 g/mol. The maximum atomic E-state index is 4.38. The lowest BCUT2D eigenvalue weighted by molar-refractivity contribution is 0.590. The van der Waals surface area contributed by atoms with Crippen LogP contribution in [-0.4, -0.2) is 11.4 Å². The molecule has 2 aromatic carbocycles. The molecule has 2 aromatic rings. The molecule has 112 valence electrons. The van der Waals surface area contributed by atoms with E-state index in [4.69, 9.17) is 0 Å². The Morgan fingerprint density at radius 2 is 1.55 bits per heavy atom. The van der Waals surface area contributed by atoms with Gasteiger partial charge in [-0.05, 0) is 22.1 Å². The van der Waals surface area contributed by atoms with Crippen molar-refractivity contribution in [2.45, 2.75) is 39.0 Å². The van der Waals surface area contributed by atoms with E-state index in [2.05, 4.69) is 79.5 Å². The van der Waals surface area contributed by atoms with Gasteiger partial charge < -0.3 is 0 Å². The summed E-state index contributed by atoms with van der Waals surface area (Å²) in [5, 5.41) is 8.74. The molecule has 0 unspecified atom stereocenters. The summed E-state index contributed by atoms with van der Waals surface area (Å²) < 4.78 is 0. The minimum atomic E-state index is 0.186. The van der Waals surface area contributed by atoms with Gasteiger partial charge in [0.1, 0.15) is 0 Å². The van der Waals surface area contributed by atoms with Crippen molar-refractivity contribution < 1.29 is 0 Å². The highest BCUT2D eigenvalue weighted by Crippen LogP contribution is 2.23. The highest BCUT2D eigenvalue weighted by atomic mass is 15.2. The quantitative estimate of drug-likeness (QED) is 0.777. The van der Waals surface area contributed by atoms with Crippen LogP contribution in [0.25, 0.3) is 0 Å². The minimum absolute atomic E-state index is 0.186. The summed E-state index contributed by atoms with van der Waals surface area (Å²) in [5.74, 6) is 0. The van der Waals surface area contributed by atoms with E-state index in [9.17, 15) is 0 Å². The zero-order valence-electron chi connectivity index (χ0n) is 13.5. The van der Waals surface area contributed by atoms with Gasteiger partial charge in [0.15, 0.2) is 0 Å². The summed E-state index contributed by atoms with van der Waals surface area (Å²) in [5.41, 5.74) is 6.22. The molecular weight excluding hydrogens is 268 g/mol. The van der Waals surface area contributed by atoms with Gasteiger partial charge in [0.2, 0.25) is 0 Å². The highest BCUT2D eigenvalue weighted by molar-refractivity contribution is 6.15. The van der Waals surface area contributed by atoms with E-state index < -0.39 is 0 Å². The van der Waals surface area contributed by atoms with Gasteiger partial charge in [-0.2, -0.15) is 10.2 Å². The summed E-state index contributed by atoms with van der Waals surface area (Å²) in [7, 11) is 0. The van der Waals surface area contributed by atoms with Gasteiger partial charge in [0.05, 0.1) is 11.4 Å². The van der Waals surface area contributed by atoms with Crippen LogP contribution in [0.5, 0.6) is 0 Å². The molecular formula is C20H22N2. The third kappa shape index (κ3) is 3.33. The minimum Gasteiger partial charge on any atom is -0.159 e. The normalized spacial score (nSPS) is 14.7. The maximum absolute atomic E-state index is 4.38. The lowest BCUT2D eigenvalue weighted by atomic mass is 9.86. The Labute approximate surface area is 132 Å². The Balaban J connectivity index is 1.67. The Morgan fingerprint density at radius 3 is 2.18 bits per heavy atom. The van der Waals surface area contributed by atoms with Crippen LogP contribution >= 0.6 is 0 Å². The first kappa shape index (κ1) is 14.7. The smallest absolute Gasteiger partial charge is 0.0759 e. The molecule has 22 heavy (non-hydrogen) atoms. The molecule has 2 nitrogen and oxygen atoms in total. The van der Waals surface area contributed by atoms with Crippen LogP contribution in [0.15, 0.2) is 64.8 Å². The number of hydrogen-bond acceptors (Lipinski definition) is 2. The van der Waals surface area contributed by atoms with Crippen molar-refractivity contribution in [3.8, 4) is 0 Å². The van der Waals surface area contributed by atoms with Gasteiger partial charge in [0.25, 0.3) is 0 Å². The van der Waals surface area contributed by atoms with E-state index in [-0.39, 0.29) is 5.41 Å². The first-order valence-electron chi connectivity index (χ1n) is 7.79. The second-order valence-electron chi connectivity index (χ2n) is 6.88. The Hall–Kier alpha value is -2.22. The van der Waals surface area contributed by atoms with Gasteiger partial charge >= 0.3 is 0 Å². The van der Waals surface area contributed by atoms with E-state index >= 15 is 0 Å². The van der Waals surface area contributed by atoms with Crippen molar-refractivity contribution in [1.29, 1.82) is 0 Å². The number of rotatable bonds is 3. The molecule has 0 atom stereocenters. The third-order valence-corrected chi connectivity index (χ3v) is 4.02. The van der Waals surface area contributed by atoms with Crippen molar-refractivity contribution in [2.75, 3.05) is 0 Å². The van der Waals surface area contributed by atoms with Gasteiger partial charge in [-0.15, -0.1) is 0 Å². The molecule has 1 heterocycles. The topological polar surface area (TPSA) is 24.7 Å². The van der Waals surface area contributed by atoms with E-state index in [0.717, 1.165) is 24.3 Å². The summed E-state index contributed by atoms with van der Waals surface area (Å²) in [4.78, 5) is 0. The van der Waals surface area contributed by atoms with E-state index in [1.165, 1.54) is 16.7 Å². The summed E-state index contributed by atoms with van der Waals surface area (Å²) in [6.07, 6.45) is 1.73. The third-order valence-electron chi connectivity index (χ3n) is 4.02. The summed E-state index contributed by atoms with van der Waals surface area (Å²) in [6, 6.07) is 19.2. The van der Waals surface area contributed by atoms with Gasteiger partial charge in [-0.3, -0.25) is 0 Å². The lowest BCUT2D eigenvalue weighted by Crippen LogP contribution is -2.11. The second-order valence-corrected chi connectivity index (χ2v) is 6.88. The van der Waals surface area contributed by atoms with E-state index in [1.54, 1.807) is 0 Å². The van der Waals surface area contributed by atoms with Gasteiger partial charge in [-0.1, -0.05) is 75.4 Å². The van der Waals surface area contributed by atoms with Crippen LogP contribution < -0.4 is 0 Å². The van der Waals surface area contributed by atoms with Crippen LogP contribution in [0, 0.1) is 0 Å². The summed E-state index contributed by atoms with van der Waals surface area (Å²) in [6.45, 7) is 6.70. The number of benzene rings is 2. The number of nitrogens with zero attached hydrogens (tertiary/aromatic N) is 2. The van der Waals surface area contributed by atoms with Crippen molar-refractivity contribution in [1.82, 2.24) is 0 Å². The van der Waals surface area contributed by atoms with E-state index in [0.29, 0.717) is 0 Å². The molecule has 2 heteroatoms. The van der Waals surface area contributed by atoms with Crippen LogP contribution in [0.1, 0.15) is 43.9 Å². The first-order valence-corrected chi connectivity index (χ1v) is 7.79. The predicted molar refractivity (Wildman–Crippen MR) is 93.9 cm³/mol. The Kier molecular flexibility index (Phi) is 3.93. The second kappa shape index (κ2) is 5.88. The molecule has 0 amide bonds. The predicted octanol–water partition coefficient (Wildman–Crippen LogP) is 4.78. The fourth-order valence-electron chi connectivity index (χ4n) is 2.65. The Bertz CT molecular complexity index is 702. The molecule has 0 radical (unpaired) electrons. The molecule has 3 rings (SSSR count). The standard InChI is InChI=1S/C20H22N2/c1-20(2,3)17-11-9-16(10-12-17)19-14-18(21-22-19)13-15-7-5-4-6-8-15/h4-12H,13-14H2,1-3H3. The lowest BCUT2D eigenvalue weighted by Gasteiger charge is -2.19.